The minimum absolute atomic E-state index is 0.174. The van der Waals surface area contributed by atoms with Gasteiger partial charge in [-0.25, -0.2) is 5.43 Å². The number of carbonyl (C=O) groups is 1. The Morgan fingerprint density at radius 2 is 1.67 bits per heavy atom. The Balaban J connectivity index is 1.26. The number of thioether (sulfide) groups is 2. The first-order valence-corrected chi connectivity index (χ1v) is 12.0. The van der Waals surface area contributed by atoms with Crippen LogP contribution in [0.25, 0.3) is 10.8 Å². The first kappa shape index (κ1) is 20.6. The third-order valence-corrected chi connectivity index (χ3v) is 7.39. The lowest BCUT2D eigenvalue weighted by Crippen LogP contribution is -2.19. The van der Waals surface area contributed by atoms with Gasteiger partial charge in [-0.05, 0) is 21.9 Å². The lowest BCUT2D eigenvalue weighted by molar-refractivity contribution is -0.118. The molecule has 0 saturated carbocycles. The van der Waals surface area contributed by atoms with Gasteiger partial charge in [-0.1, -0.05) is 108 Å². The van der Waals surface area contributed by atoms with Gasteiger partial charge in [0, 0.05) is 5.75 Å². The van der Waals surface area contributed by atoms with Crippen LogP contribution in [0.2, 0.25) is 0 Å². The number of amides is 1. The Labute approximate surface area is 187 Å². The molecule has 1 heterocycles. The normalized spacial score (nSPS) is 11.2. The van der Waals surface area contributed by atoms with E-state index in [1.807, 2.05) is 30.3 Å². The minimum atomic E-state index is -0.174. The highest BCUT2D eigenvalue weighted by Gasteiger charge is 2.09. The lowest BCUT2D eigenvalue weighted by atomic mass is 10.1. The molecule has 0 fully saturated rings. The molecule has 30 heavy (non-hydrogen) atoms. The number of fused-ring (bicyclic) bond motifs is 1. The fraction of sp³-hybridized carbons (Fsp3) is 0.0909. The van der Waals surface area contributed by atoms with Gasteiger partial charge in [-0.2, -0.15) is 5.10 Å². The highest BCUT2D eigenvalue weighted by molar-refractivity contribution is 8.03. The maximum atomic E-state index is 12.0. The van der Waals surface area contributed by atoms with Crippen molar-refractivity contribution < 1.29 is 4.79 Å². The van der Waals surface area contributed by atoms with Crippen molar-refractivity contribution in [2.75, 3.05) is 5.75 Å². The second-order valence-electron chi connectivity index (χ2n) is 6.25. The topological polar surface area (TPSA) is 67.2 Å². The van der Waals surface area contributed by atoms with E-state index in [1.54, 1.807) is 18.0 Å². The monoisotopic (exact) mass is 450 g/mol. The Kier molecular flexibility index (Phi) is 7.12. The molecule has 0 saturated heterocycles. The highest BCUT2D eigenvalue weighted by atomic mass is 32.2. The van der Waals surface area contributed by atoms with Crippen LogP contribution >= 0.6 is 34.9 Å². The van der Waals surface area contributed by atoms with E-state index in [9.17, 15) is 4.79 Å². The number of nitrogens with zero attached hydrogens (tertiary/aromatic N) is 3. The van der Waals surface area contributed by atoms with Crippen LogP contribution in [-0.2, 0) is 10.5 Å². The van der Waals surface area contributed by atoms with E-state index in [-0.39, 0.29) is 11.7 Å². The van der Waals surface area contributed by atoms with E-state index in [2.05, 4.69) is 63.2 Å². The smallest absolute Gasteiger partial charge is 0.250 e. The van der Waals surface area contributed by atoms with Gasteiger partial charge in [0.1, 0.15) is 0 Å². The summed E-state index contributed by atoms with van der Waals surface area (Å²) in [5, 5.41) is 14.9. The van der Waals surface area contributed by atoms with E-state index < -0.39 is 0 Å². The average Bonchev–Trinajstić information content (AvgIpc) is 3.25. The minimum Gasteiger partial charge on any atom is -0.272 e. The number of hydrazone groups is 1. The molecular formula is C22H18N4OS3. The van der Waals surface area contributed by atoms with Crippen LogP contribution in [0.3, 0.4) is 0 Å². The second kappa shape index (κ2) is 10.4. The van der Waals surface area contributed by atoms with Crippen molar-refractivity contribution in [3.63, 3.8) is 0 Å². The fourth-order valence-electron chi connectivity index (χ4n) is 2.75. The van der Waals surface area contributed by atoms with E-state index in [0.29, 0.717) is 0 Å². The molecule has 0 unspecified atom stereocenters. The molecule has 0 atom stereocenters. The third-order valence-electron chi connectivity index (χ3n) is 4.15. The van der Waals surface area contributed by atoms with Crippen molar-refractivity contribution in [2.24, 2.45) is 5.10 Å². The quantitative estimate of drug-likeness (QED) is 0.226. The molecule has 1 N–H and O–H groups in total. The van der Waals surface area contributed by atoms with E-state index >= 15 is 0 Å². The first-order chi connectivity index (χ1) is 14.8. The standard InChI is InChI=1S/C22H18N4OS3/c27-20(24-23-13-16-7-2-1-3-8-16)15-29-22-26-25-21(30-22)28-14-18-11-6-10-17-9-4-5-12-19(17)18/h1-13H,14-15H2,(H,24,27). The van der Waals surface area contributed by atoms with Crippen molar-refractivity contribution >= 4 is 57.8 Å². The SMILES string of the molecule is O=C(CSc1nnc(SCc2cccc3ccccc23)s1)NN=Cc1ccccc1. The molecule has 1 amide bonds. The third kappa shape index (κ3) is 5.69. The second-order valence-corrected chi connectivity index (χ2v) is 9.68. The number of benzene rings is 3. The first-order valence-electron chi connectivity index (χ1n) is 9.20. The number of hydrogen-bond acceptors (Lipinski definition) is 7. The average molecular weight is 451 g/mol. The van der Waals surface area contributed by atoms with Gasteiger partial charge in [0.15, 0.2) is 8.68 Å². The Hall–Kier alpha value is -2.68. The summed E-state index contributed by atoms with van der Waals surface area (Å²) in [4.78, 5) is 12.0. The van der Waals surface area contributed by atoms with Gasteiger partial charge in [-0.15, -0.1) is 10.2 Å². The van der Waals surface area contributed by atoms with E-state index in [1.165, 1.54) is 39.4 Å². The van der Waals surface area contributed by atoms with Gasteiger partial charge < -0.3 is 0 Å². The molecule has 0 aliphatic carbocycles. The predicted molar refractivity (Wildman–Crippen MR) is 126 cm³/mol. The highest BCUT2D eigenvalue weighted by Crippen LogP contribution is 2.32. The van der Waals surface area contributed by atoms with Crippen LogP contribution in [0.1, 0.15) is 11.1 Å². The maximum Gasteiger partial charge on any atom is 0.250 e. The largest absolute Gasteiger partial charge is 0.272 e. The summed E-state index contributed by atoms with van der Waals surface area (Å²) in [7, 11) is 0. The molecule has 0 aliphatic rings. The van der Waals surface area contributed by atoms with Crippen LogP contribution in [0.5, 0.6) is 0 Å². The Bertz CT molecular complexity index is 1160. The molecule has 0 radical (unpaired) electrons. The Morgan fingerprint density at radius 3 is 2.53 bits per heavy atom. The van der Waals surface area contributed by atoms with E-state index in [0.717, 1.165) is 20.0 Å². The van der Waals surface area contributed by atoms with Crippen LogP contribution in [0, 0.1) is 0 Å². The number of carbonyl (C=O) groups excluding carboxylic acids is 1. The molecule has 3 aromatic carbocycles. The summed E-state index contributed by atoms with van der Waals surface area (Å²) >= 11 is 4.53. The summed E-state index contributed by atoms with van der Waals surface area (Å²) in [6, 6.07) is 24.3. The fourth-order valence-corrected chi connectivity index (χ4v) is 5.57. The number of hydrogen-bond donors (Lipinski definition) is 1. The molecule has 150 valence electrons. The number of aromatic nitrogens is 2. The zero-order chi connectivity index (χ0) is 20.6. The molecular weight excluding hydrogens is 432 g/mol. The molecule has 0 spiro atoms. The number of rotatable bonds is 8. The maximum absolute atomic E-state index is 12.0. The van der Waals surface area contributed by atoms with Crippen molar-refractivity contribution in [1.29, 1.82) is 0 Å². The van der Waals surface area contributed by atoms with Crippen LogP contribution < -0.4 is 5.43 Å². The molecule has 0 aliphatic heterocycles. The molecule has 1 aromatic heterocycles. The van der Waals surface area contributed by atoms with Crippen molar-refractivity contribution in [2.45, 2.75) is 14.4 Å². The van der Waals surface area contributed by atoms with Crippen molar-refractivity contribution in [3.8, 4) is 0 Å². The summed E-state index contributed by atoms with van der Waals surface area (Å²) in [6.45, 7) is 0. The summed E-state index contributed by atoms with van der Waals surface area (Å²) in [5.74, 6) is 0.900. The van der Waals surface area contributed by atoms with Crippen molar-refractivity contribution in [3.05, 3.63) is 83.9 Å². The lowest BCUT2D eigenvalue weighted by Gasteiger charge is -2.04. The molecule has 8 heteroatoms. The van der Waals surface area contributed by atoms with E-state index in [4.69, 9.17) is 0 Å². The number of nitrogens with one attached hydrogen (secondary N) is 1. The zero-order valence-corrected chi connectivity index (χ0v) is 18.3. The van der Waals surface area contributed by atoms with Gasteiger partial charge in [0.05, 0.1) is 12.0 Å². The molecule has 5 nitrogen and oxygen atoms in total. The Morgan fingerprint density at radius 1 is 0.933 bits per heavy atom. The molecule has 0 bridgehead atoms. The molecule has 4 aromatic rings. The summed E-state index contributed by atoms with van der Waals surface area (Å²) in [5.41, 5.74) is 4.74. The van der Waals surface area contributed by atoms with Gasteiger partial charge in [-0.3, -0.25) is 4.79 Å². The van der Waals surface area contributed by atoms with Crippen LogP contribution in [0.15, 0.2) is 86.6 Å². The zero-order valence-electron chi connectivity index (χ0n) is 15.9. The molecule has 4 rings (SSSR count). The van der Waals surface area contributed by atoms with Crippen LogP contribution in [-0.4, -0.2) is 28.1 Å². The van der Waals surface area contributed by atoms with Gasteiger partial charge in [0.2, 0.25) is 0 Å². The van der Waals surface area contributed by atoms with Gasteiger partial charge >= 0.3 is 0 Å². The summed E-state index contributed by atoms with van der Waals surface area (Å²) < 4.78 is 1.67. The van der Waals surface area contributed by atoms with Crippen molar-refractivity contribution in [1.82, 2.24) is 15.6 Å². The van der Waals surface area contributed by atoms with Crippen LogP contribution in [0.4, 0.5) is 0 Å². The summed E-state index contributed by atoms with van der Waals surface area (Å²) in [6.07, 6.45) is 1.62. The van der Waals surface area contributed by atoms with Gasteiger partial charge in [0.25, 0.3) is 5.91 Å². The predicted octanol–water partition coefficient (Wildman–Crippen LogP) is 5.23.